The molecule has 3 N–H and O–H groups in total. The van der Waals surface area contributed by atoms with Gasteiger partial charge in [-0.05, 0) is 57.4 Å². The van der Waals surface area contributed by atoms with Gasteiger partial charge in [-0.3, -0.25) is 4.79 Å². The minimum atomic E-state index is 0.168. The van der Waals surface area contributed by atoms with Crippen molar-refractivity contribution in [2.75, 3.05) is 13.2 Å². The highest BCUT2D eigenvalue weighted by Gasteiger charge is 2.27. The van der Waals surface area contributed by atoms with E-state index in [1.807, 2.05) is 6.92 Å². The molecule has 2 fully saturated rings. The van der Waals surface area contributed by atoms with E-state index >= 15 is 0 Å². The van der Waals surface area contributed by atoms with Gasteiger partial charge in [0.05, 0.1) is 12.1 Å². The minimum Gasteiger partial charge on any atom is -0.376 e. The highest BCUT2D eigenvalue weighted by atomic mass is 16.5. The first kappa shape index (κ1) is 13.8. The van der Waals surface area contributed by atoms with Crippen LogP contribution in [0, 0.1) is 11.8 Å². The third kappa shape index (κ3) is 3.69. The van der Waals surface area contributed by atoms with Crippen LogP contribution in [0.25, 0.3) is 0 Å². The van der Waals surface area contributed by atoms with E-state index in [2.05, 4.69) is 5.32 Å². The summed E-state index contributed by atoms with van der Waals surface area (Å²) < 4.78 is 5.46. The fourth-order valence-electron chi connectivity index (χ4n) is 3.12. The Morgan fingerprint density at radius 2 is 1.89 bits per heavy atom. The second-order valence-corrected chi connectivity index (χ2v) is 5.87. The second kappa shape index (κ2) is 6.53. The van der Waals surface area contributed by atoms with Crippen molar-refractivity contribution >= 4 is 5.91 Å². The first-order valence-electron chi connectivity index (χ1n) is 7.30. The molecule has 2 rings (SSSR count). The van der Waals surface area contributed by atoms with Crippen molar-refractivity contribution in [3.8, 4) is 0 Å². The Labute approximate surface area is 110 Å². The van der Waals surface area contributed by atoms with Crippen LogP contribution in [0.15, 0.2) is 0 Å². The van der Waals surface area contributed by atoms with Crippen LogP contribution in [-0.4, -0.2) is 31.2 Å². The van der Waals surface area contributed by atoms with Gasteiger partial charge in [0, 0.05) is 13.0 Å². The van der Waals surface area contributed by atoms with Crippen LogP contribution in [0.2, 0.25) is 0 Å². The number of ether oxygens (including phenoxy) is 1. The van der Waals surface area contributed by atoms with Gasteiger partial charge in [0.2, 0.25) is 5.91 Å². The third-order valence-electron chi connectivity index (χ3n) is 4.50. The van der Waals surface area contributed by atoms with E-state index in [0.29, 0.717) is 18.3 Å². The number of carbonyl (C=O) groups excluding carboxylic acids is 1. The quantitative estimate of drug-likeness (QED) is 0.798. The predicted molar refractivity (Wildman–Crippen MR) is 71.1 cm³/mol. The summed E-state index contributed by atoms with van der Waals surface area (Å²) in [7, 11) is 0. The number of rotatable bonds is 4. The largest absolute Gasteiger partial charge is 0.376 e. The number of nitrogens with one attached hydrogen (secondary N) is 1. The number of carbonyl (C=O) groups is 1. The lowest BCUT2D eigenvalue weighted by Crippen LogP contribution is -2.40. The molecule has 0 bridgehead atoms. The normalized spacial score (nSPS) is 36.6. The van der Waals surface area contributed by atoms with Gasteiger partial charge in [-0.1, -0.05) is 0 Å². The Balaban J connectivity index is 1.68. The topological polar surface area (TPSA) is 64.3 Å². The first-order valence-corrected chi connectivity index (χ1v) is 7.30. The summed E-state index contributed by atoms with van der Waals surface area (Å²) in [4.78, 5) is 12.0. The van der Waals surface area contributed by atoms with Crippen molar-refractivity contribution in [2.45, 2.75) is 57.6 Å². The van der Waals surface area contributed by atoms with Crippen LogP contribution in [0.5, 0.6) is 0 Å². The molecule has 0 aromatic carbocycles. The summed E-state index contributed by atoms with van der Waals surface area (Å²) in [5.41, 5.74) is 5.68. The maximum absolute atomic E-state index is 12.0. The van der Waals surface area contributed by atoms with Gasteiger partial charge < -0.3 is 15.8 Å². The Kier molecular flexibility index (Phi) is 5.01. The van der Waals surface area contributed by atoms with Crippen LogP contribution in [0.3, 0.4) is 0 Å². The van der Waals surface area contributed by atoms with Crippen LogP contribution in [-0.2, 0) is 9.53 Å². The van der Waals surface area contributed by atoms with Crippen molar-refractivity contribution in [1.82, 2.24) is 5.32 Å². The average Bonchev–Trinajstić information content (AvgIpc) is 2.76. The number of nitrogens with two attached hydrogens (primary N) is 1. The van der Waals surface area contributed by atoms with Gasteiger partial charge in [0.1, 0.15) is 0 Å². The Hall–Kier alpha value is -0.610. The molecule has 104 valence electrons. The van der Waals surface area contributed by atoms with Crippen LogP contribution in [0.4, 0.5) is 0 Å². The van der Waals surface area contributed by atoms with Crippen molar-refractivity contribution in [3.63, 3.8) is 0 Å². The third-order valence-corrected chi connectivity index (χ3v) is 4.50. The minimum absolute atomic E-state index is 0.168. The van der Waals surface area contributed by atoms with Gasteiger partial charge in [-0.15, -0.1) is 0 Å². The first-order chi connectivity index (χ1) is 8.69. The zero-order chi connectivity index (χ0) is 13.0. The molecule has 4 heteroatoms. The number of hydrogen-bond donors (Lipinski definition) is 2. The summed E-state index contributed by atoms with van der Waals surface area (Å²) in [6, 6.07) is 0.220. The maximum atomic E-state index is 12.0. The van der Waals surface area contributed by atoms with E-state index in [-0.39, 0.29) is 18.1 Å². The van der Waals surface area contributed by atoms with Crippen molar-refractivity contribution in [1.29, 1.82) is 0 Å². The van der Waals surface area contributed by atoms with Crippen LogP contribution < -0.4 is 11.1 Å². The Bertz CT molecular complexity index is 275. The summed E-state index contributed by atoms with van der Waals surface area (Å²) in [6.07, 6.45) is 6.50. The highest BCUT2D eigenvalue weighted by molar-refractivity contribution is 5.76. The Morgan fingerprint density at radius 1 is 1.22 bits per heavy atom. The molecule has 1 heterocycles. The molecule has 1 aliphatic carbocycles. The molecule has 2 atom stereocenters. The predicted octanol–water partition coefficient (Wildman–Crippen LogP) is 1.44. The zero-order valence-corrected chi connectivity index (χ0v) is 11.4. The molecule has 1 aliphatic heterocycles. The summed E-state index contributed by atoms with van der Waals surface area (Å²) in [5.74, 6) is 1.45. The molecule has 0 aromatic heterocycles. The van der Waals surface area contributed by atoms with Gasteiger partial charge >= 0.3 is 0 Å². The van der Waals surface area contributed by atoms with Gasteiger partial charge in [0.15, 0.2) is 0 Å². The van der Waals surface area contributed by atoms with Crippen LogP contribution >= 0.6 is 0 Å². The average molecular weight is 254 g/mol. The molecule has 2 aliphatic rings. The molecular weight excluding hydrogens is 228 g/mol. The molecule has 0 aromatic rings. The van der Waals surface area contributed by atoms with E-state index in [1.165, 1.54) is 12.8 Å². The monoisotopic (exact) mass is 254 g/mol. The smallest absolute Gasteiger partial charge is 0.220 e. The summed E-state index contributed by atoms with van der Waals surface area (Å²) >= 11 is 0. The van der Waals surface area contributed by atoms with Crippen molar-refractivity contribution in [2.24, 2.45) is 17.6 Å². The van der Waals surface area contributed by atoms with E-state index in [1.54, 1.807) is 0 Å². The number of hydrogen-bond acceptors (Lipinski definition) is 3. The zero-order valence-electron chi connectivity index (χ0n) is 11.4. The lowest BCUT2D eigenvalue weighted by atomic mass is 9.80. The fraction of sp³-hybridized carbons (Fsp3) is 0.929. The lowest BCUT2D eigenvalue weighted by Gasteiger charge is -2.27. The molecule has 1 amide bonds. The SMILES string of the molecule is CC1OCCC1NC(=O)CC1CCC(CN)CC1. The molecule has 1 saturated carbocycles. The van der Waals surface area contributed by atoms with E-state index < -0.39 is 0 Å². The van der Waals surface area contributed by atoms with Crippen molar-refractivity contribution in [3.05, 3.63) is 0 Å². The lowest BCUT2D eigenvalue weighted by molar-refractivity contribution is -0.123. The summed E-state index contributed by atoms with van der Waals surface area (Å²) in [6.45, 7) is 3.61. The van der Waals surface area contributed by atoms with E-state index in [0.717, 1.165) is 32.4 Å². The molecular formula is C14H26N2O2. The van der Waals surface area contributed by atoms with E-state index in [9.17, 15) is 4.79 Å². The standard InChI is InChI=1S/C14H26N2O2/c1-10-13(6-7-18-10)16-14(17)8-11-2-4-12(9-15)5-3-11/h10-13H,2-9,15H2,1H3,(H,16,17). The molecule has 4 nitrogen and oxygen atoms in total. The van der Waals surface area contributed by atoms with Gasteiger partial charge in [-0.25, -0.2) is 0 Å². The Morgan fingerprint density at radius 3 is 2.44 bits per heavy atom. The fourth-order valence-corrected chi connectivity index (χ4v) is 3.12. The molecule has 18 heavy (non-hydrogen) atoms. The van der Waals surface area contributed by atoms with Crippen LogP contribution in [0.1, 0.15) is 45.4 Å². The molecule has 0 radical (unpaired) electrons. The van der Waals surface area contributed by atoms with Gasteiger partial charge in [-0.2, -0.15) is 0 Å². The second-order valence-electron chi connectivity index (χ2n) is 5.87. The molecule has 1 saturated heterocycles. The van der Waals surface area contributed by atoms with Crippen molar-refractivity contribution < 1.29 is 9.53 Å². The molecule has 2 unspecified atom stereocenters. The summed E-state index contributed by atoms with van der Waals surface area (Å²) in [5, 5.41) is 3.11. The maximum Gasteiger partial charge on any atom is 0.220 e. The highest BCUT2D eigenvalue weighted by Crippen LogP contribution is 2.30. The van der Waals surface area contributed by atoms with Gasteiger partial charge in [0.25, 0.3) is 0 Å². The number of amides is 1. The molecule has 0 spiro atoms. The van der Waals surface area contributed by atoms with E-state index in [4.69, 9.17) is 10.5 Å².